The molecule has 5 nitrogen and oxygen atoms in total. The molecule has 1 amide bonds. The van der Waals surface area contributed by atoms with E-state index < -0.39 is 0 Å². The van der Waals surface area contributed by atoms with E-state index in [0.29, 0.717) is 18.9 Å². The van der Waals surface area contributed by atoms with Crippen LogP contribution in [0.2, 0.25) is 0 Å². The lowest BCUT2D eigenvalue weighted by Crippen LogP contribution is -2.29. The van der Waals surface area contributed by atoms with E-state index in [4.69, 9.17) is 0 Å². The van der Waals surface area contributed by atoms with Gasteiger partial charge < -0.3 is 15.6 Å². The standard InChI is InChI=1S/C14H21N3O2/c18-13(3-1-11-5-7-15-8-6-11)16-9-12-2-4-14(19)17-10-12/h2,4,10-11,15H,1,3,5-9H2,(H,16,18)(H,17,19). The monoisotopic (exact) mass is 263 g/mol. The summed E-state index contributed by atoms with van der Waals surface area (Å²) in [6.07, 6.45) is 5.54. The molecule has 2 heterocycles. The Morgan fingerprint density at radius 1 is 1.32 bits per heavy atom. The van der Waals surface area contributed by atoms with Crippen LogP contribution in [0.25, 0.3) is 0 Å². The molecule has 0 aliphatic carbocycles. The third kappa shape index (κ3) is 4.87. The highest BCUT2D eigenvalue weighted by atomic mass is 16.1. The Hall–Kier alpha value is -1.62. The molecule has 0 unspecified atom stereocenters. The minimum atomic E-state index is -0.124. The minimum Gasteiger partial charge on any atom is -0.352 e. The van der Waals surface area contributed by atoms with Crippen molar-refractivity contribution < 1.29 is 4.79 Å². The molecule has 1 aliphatic rings. The summed E-state index contributed by atoms with van der Waals surface area (Å²) < 4.78 is 0. The number of carbonyl (C=O) groups excluding carboxylic acids is 1. The van der Waals surface area contributed by atoms with Crippen LogP contribution in [0.1, 0.15) is 31.2 Å². The molecule has 3 N–H and O–H groups in total. The molecule has 0 radical (unpaired) electrons. The number of hydrogen-bond acceptors (Lipinski definition) is 3. The number of carbonyl (C=O) groups is 1. The summed E-state index contributed by atoms with van der Waals surface area (Å²) in [6, 6.07) is 3.20. The van der Waals surface area contributed by atoms with Crippen LogP contribution in [0.4, 0.5) is 0 Å². The molecule has 1 aliphatic heterocycles. The molecule has 2 rings (SSSR count). The summed E-state index contributed by atoms with van der Waals surface area (Å²) in [6.45, 7) is 2.62. The first-order chi connectivity index (χ1) is 9.24. The highest BCUT2D eigenvalue weighted by Gasteiger charge is 2.14. The van der Waals surface area contributed by atoms with E-state index in [1.165, 1.54) is 18.9 Å². The topological polar surface area (TPSA) is 74.0 Å². The summed E-state index contributed by atoms with van der Waals surface area (Å²) in [4.78, 5) is 25.2. The van der Waals surface area contributed by atoms with Gasteiger partial charge in [0, 0.05) is 25.2 Å². The maximum atomic E-state index is 11.7. The van der Waals surface area contributed by atoms with Gasteiger partial charge in [0.1, 0.15) is 0 Å². The molecule has 104 valence electrons. The highest BCUT2D eigenvalue weighted by molar-refractivity contribution is 5.75. The lowest BCUT2D eigenvalue weighted by molar-refractivity contribution is -0.121. The first kappa shape index (κ1) is 13.8. The first-order valence-electron chi connectivity index (χ1n) is 6.89. The van der Waals surface area contributed by atoms with Crippen molar-refractivity contribution in [2.45, 2.75) is 32.2 Å². The van der Waals surface area contributed by atoms with Crippen molar-refractivity contribution in [2.75, 3.05) is 13.1 Å². The second-order valence-corrected chi connectivity index (χ2v) is 5.07. The summed E-state index contributed by atoms with van der Waals surface area (Å²) in [5.74, 6) is 0.768. The van der Waals surface area contributed by atoms with Crippen LogP contribution in [0.5, 0.6) is 0 Å². The molecular formula is C14H21N3O2. The Labute approximate surface area is 112 Å². The fourth-order valence-electron chi connectivity index (χ4n) is 2.35. The normalized spacial score (nSPS) is 16.2. The number of hydrogen-bond donors (Lipinski definition) is 3. The van der Waals surface area contributed by atoms with Gasteiger partial charge in [-0.05, 0) is 43.8 Å². The lowest BCUT2D eigenvalue weighted by atomic mass is 9.93. The molecule has 1 aromatic heterocycles. The minimum absolute atomic E-state index is 0.0877. The molecule has 0 saturated carbocycles. The zero-order chi connectivity index (χ0) is 13.5. The predicted octanol–water partition coefficient (Wildman–Crippen LogP) is 0.771. The van der Waals surface area contributed by atoms with Gasteiger partial charge in [0.15, 0.2) is 0 Å². The van der Waals surface area contributed by atoms with Crippen molar-refractivity contribution in [1.82, 2.24) is 15.6 Å². The van der Waals surface area contributed by atoms with Crippen LogP contribution in [-0.2, 0) is 11.3 Å². The number of amides is 1. The number of pyridine rings is 1. The molecular weight excluding hydrogens is 242 g/mol. The van der Waals surface area contributed by atoms with E-state index in [1.807, 2.05) is 0 Å². The fourth-order valence-corrected chi connectivity index (χ4v) is 2.35. The van der Waals surface area contributed by atoms with Crippen molar-refractivity contribution >= 4 is 5.91 Å². The van der Waals surface area contributed by atoms with E-state index in [1.54, 1.807) is 12.3 Å². The zero-order valence-corrected chi connectivity index (χ0v) is 11.1. The number of nitrogens with one attached hydrogen (secondary N) is 3. The van der Waals surface area contributed by atoms with Crippen LogP contribution in [0.15, 0.2) is 23.1 Å². The molecule has 0 bridgehead atoms. The largest absolute Gasteiger partial charge is 0.352 e. The van der Waals surface area contributed by atoms with Crippen molar-refractivity contribution in [1.29, 1.82) is 0 Å². The van der Waals surface area contributed by atoms with E-state index in [2.05, 4.69) is 15.6 Å². The molecule has 0 atom stereocenters. The van der Waals surface area contributed by atoms with Crippen LogP contribution in [-0.4, -0.2) is 24.0 Å². The highest BCUT2D eigenvalue weighted by Crippen LogP contribution is 2.17. The smallest absolute Gasteiger partial charge is 0.247 e. The number of piperidine rings is 1. The van der Waals surface area contributed by atoms with E-state index in [0.717, 1.165) is 25.1 Å². The summed E-state index contributed by atoms with van der Waals surface area (Å²) >= 11 is 0. The Kier molecular flexibility index (Phi) is 5.15. The van der Waals surface area contributed by atoms with Gasteiger partial charge in [0.25, 0.3) is 0 Å². The van der Waals surface area contributed by atoms with Gasteiger partial charge in [0.05, 0.1) is 0 Å². The third-order valence-electron chi connectivity index (χ3n) is 3.58. The average molecular weight is 263 g/mol. The molecule has 1 fully saturated rings. The van der Waals surface area contributed by atoms with Crippen LogP contribution >= 0.6 is 0 Å². The number of aromatic nitrogens is 1. The second kappa shape index (κ2) is 7.09. The van der Waals surface area contributed by atoms with Crippen molar-refractivity contribution in [3.05, 3.63) is 34.2 Å². The molecule has 19 heavy (non-hydrogen) atoms. The SMILES string of the molecule is O=C(CCC1CCNCC1)NCc1ccc(=O)[nH]c1. The molecule has 0 aromatic carbocycles. The van der Waals surface area contributed by atoms with Crippen molar-refractivity contribution in [3.63, 3.8) is 0 Å². The fraction of sp³-hybridized carbons (Fsp3) is 0.571. The average Bonchev–Trinajstić information content (AvgIpc) is 2.45. The van der Waals surface area contributed by atoms with E-state index in [9.17, 15) is 9.59 Å². The Morgan fingerprint density at radius 3 is 2.79 bits per heavy atom. The maximum absolute atomic E-state index is 11.7. The summed E-state index contributed by atoms with van der Waals surface area (Å²) in [5, 5.41) is 6.21. The number of rotatable bonds is 5. The quantitative estimate of drug-likeness (QED) is 0.734. The van der Waals surface area contributed by atoms with Crippen LogP contribution in [0.3, 0.4) is 0 Å². The Bertz CT molecular complexity index is 444. The van der Waals surface area contributed by atoms with Gasteiger partial charge in [-0.3, -0.25) is 9.59 Å². The van der Waals surface area contributed by atoms with Gasteiger partial charge in [-0.2, -0.15) is 0 Å². The predicted molar refractivity (Wildman–Crippen MR) is 73.7 cm³/mol. The van der Waals surface area contributed by atoms with Gasteiger partial charge in [-0.1, -0.05) is 6.07 Å². The van der Waals surface area contributed by atoms with Crippen molar-refractivity contribution in [3.8, 4) is 0 Å². The van der Waals surface area contributed by atoms with Gasteiger partial charge in [-0.25, -0.2) is 0 Å². The second-order valence-electron chi connectivity index (χ2n) is 5.07. The number of H-pyrrole nitrogens is 1. The number of aromatic amines is 1. The zero-order valence-electron chi connectivity index (χ0n) is 11.1. The van der Waals surface area contributed by atoms with Gasteiger partial charge in [0.2, 0.25) is 11.5 Å². The Morgan fingerprint density at radius 2 is 2.11 bits per heavy atom. The first-order valence-corrected chi connectivity index (χ1v) is 6.89. The van der Waals surface area contributed by atoms with Gasteiger partial charge >= 0.3 is 0 Å². The van der Waals surface area contributed by atoms with Crippen LogP contribution < -0.4 is 16.2 Å². The lowest BCUT2D eigenvalue weighted by Gasteiger charge is -2.22. The van der Waals surface area contributed by atoms with Crippen molar-refractivity contribution in [2.24, 2.45) is 5.92 Å². The van der Waals surface area contributed by atoms with Crippen LogP contribution in [0, 0.1) is 5.92 Å². The third-order valence-corrected chi connectivity index (χ3v) is 3.58. The Balaban J connectivity index is 1.66. The van der Waals surface area contributed by atoms with E-state index in [-0.39, 0.29) is 11.5 Å². The molecule has 1 saturated heterocycles. The molecule has 5 heteroatoms. The summed E-state index contributed by atoms with van der Waals surface area (Å²) in [7, 11) is 0. The van der Waals surface area contributed by atoms with E-state index >= 15 is 0 Å². The molecule has 1 aromatic rings. The molecule has 0 spiro atoms. The summed E-state index contributed by atoms with van der Waals surface area (Å²) in [5.41, 5.74) is 0.788. The van der Waals surface area contributed by atoms with Gasteiger partial charge in [-0.15, -0.1) is 0 Å². The maximum Gasteiger partial charge on any atom is 0.247 e.